The zero-order chi connectivity index (χ0) is 20.0. The van der Waals surface area contributed by atoms with Crippen LogP contribution in [0.3, 0.4) is 0 Å². The Balaban J connectivity index is 1.99. The summed E-state index contributed by atoms with van der Waals surface area (Å²) < 4.78 is 0. The molecule has 5 rings (SSSR count). The Morgan fingerprint density at radius 1 is 0.552 bits per heavy atom. The van der Waals surface area contributed by atoms with Gasteiger partial charge in [-0.3, -0.25) is 4.98 Å². The van der Waals surface area contributed by atoms with Crippen molar-refractivity contribution in [2.75, 3.05) is 0 Å². The van der Waals surface area contributed by atoms with E-state index in [1.807, 2.05) is 12.3 Å². The van der Waals surface area contributed by atoms with Gasteiger partial charge in [-0.05, 0) is 71.0 Å². The molecule has 0 amide bonds. The fraction of sp³-hybridized carbons (Fsp3) is 0.107. The van der Waals surface area contributed by atoms with Gasteiger partial charge in [0.1, 0.15) is 0 Å². The third-order valence-corrected chi connectivity index (χ3v) is 6.06. The smallest absolute Gasteiger partial charge is 0.0792 e. The van der Waals surface area contributed by atoms with E-state index >= 15 is 0 Å². The maximum Gasteiger partial charge on any atom is 0.0792 e. The molecule has 4 aromatic carbocycles. The minimum atomic E-state index is 1.06. The highest BCUT2D eigenvalue weighted by atomic mass is 14.7. The highest BCUT2D eigenvalue weighted by molar-refractivity contribution is 6.20. The third-order valence-electron chi connectivity index (χ3n) is 6.06. The second-order valence-electron chi connectivity index (χ2n) is 7.80. The molecule has 1 heteroatoms. The standard InChI is InChI=1S/C28H23N/c1-18-16-22(17-19(2)20(18)3)26-23-12-7-8-13-24(23)27(21-10-5-4-6-11-21)28-25(26)14-9-15-29-28/h4-17H,1-3H3. The van der Waals surface area contributed by atoms with Crippen molar-refractivity contribution in [1.82, 2.24) is 4.98 Å². The summed E-state index contributed by atoms with van der Waals surface area (Å²) in [5, 5.41) is 3.72. The summed E-state index contributed by atoms with van der Waals surface area (Å²) in [6.07, 6.45) is 1.90. The molecule has 5 aromatic rings. The normalized spacial score (nSPS) is 11.3. The number of pyridine rings is 1. The topological polar surface area (TPSA) is 12.9 Å². The predicted molar refractivity (Wildman–Crippen MR) is 124 cm³/mol. The molecule has 0 aliphatic carbocycles. The van der Waals surface area contributed by atoms with Gasteiger partial charge in [0.2, 0.25) is 0 Å². The van der Waals surface area contributed by atoms with Gasteiger partial charge in [0.05, 0.1) is 5.52 Å². The number of hydrogen-bond acceptors (Lipinski definition) is 1. The maximum atomic E-state index is 4.86. The Labute approximate surface area is 171 Å². The van der Waals surface area contributed by atoms with E-state index in [1.165, 1.54) is 55.1 Å². The van der Waals surface area contributed by atoms with E-state index in [0.29, 0.717) is 0 Å². The van der Waals surface area contributed by atoms with Crippen molar-refractivity contribution in [3.63, 3.8) is 0 Å². The molecule has 0 N–H and O–H groups in total. The van der Waals surface area contributed by atoms with E-state index in [4.69, 9.17) is 4.98 Å². The Bertz CT molecular complexity index is 1280. The van der Waals surface area contributed by atoms with Crippen LogP contribution in [0.2, 0.25) is 0 Å². The van der Waals surface area contributed by atoms with Crippen molar-refractivity contribution in [2.24, 2.45) is 0 Å². The number of aryl methyl sites for hydroxylation is 2. The van der Waals surface area contributed by atoms with Crippen LogP contribution in [0.25, 0.3) is 43.9 Å². The van der Waals surface area contributed by atoms with E-state index in [-0.39, 0.29) is 0 Å². The lowest BCUT2D eigenvalue weighted by Crippen LogP contribution is -1.94. The van der Waals surface area contributed by atoms with Crippen LogP contribution in [0.5, 0.6) is 0 Å². The fourth-order valence-corrected chi connectivity index (χ4v) is 4.39. The number of nitrogens with zero attached hydrogens (tertiary/aromatic N) is 1. The van der Waals surface area contributed by atoms with Gasteiger partial charge < -0.3 is 0 Å². The number of hydrogen-bond donors (Lipinski definition) is 0. The Morgan fingerprint density at radius 3 is 1.83 bits per heavy atom. The van der Waals surface area contributed by atoms with Gasteiger partial charge in [-0.15, -0.1) is 0 Å². The van der Waals surface area contributed by atoms with Crippen molar-refractivity contribution in [3.05, 3.63) is 102 Å². The predicted octanol–water partition coefficient (Wildman–Crippen LogP) is 7.65. The SMILES string of the molecule is Cc1cc(-c2c3ccccc3c(-c3ccccc3)c3ncccc23)cc(C)c1C. The quantitative estimate of drug-likeness (QED) is 0.290. The molecule has 0 saturated carbocycles. The first kappa shape index (κ1) is 17.6. The molecule has 0 atom stereocenters. The van der Waals surface area contributed by atoms with Crippen LogP contribution in [-0.4, -0.2) is 4.98 Å². The van der Waals surface area contributed by atoms with Gasteiger partial charge in [0.15, 0.2) is 0 Å². The monoisotopic (exact) mass is 373 g/mol. The Kier molecular flexibility index (Phi) is 4.17. The summed E-state index contributed by atoms with van der Waals surface area (Å²) in [7, 11) is 0. The summed E-state index contributed by atoms with van der Waals surface area (Å²) in [6, 6.07) is 28.2. The minimum absolute atomic E-state index is 1.06. The maximum absolute atomic E-state index is 4.86. The van der Waals surface area contributed by atoms with Crippen LogP contribution >= 0.6 is 0 Å². The second kappa shape index (κ2) is 6.86. The van der Waals surface area contributed by atoms with Crippen LogP contribution in [0, 0.1) is 20.8 Å². The second-order valence-corrected chi connectivity index (χ2v) is 7.80. The fourth-order valence-electron chi connectivity index (χ4n) is 4.39. The average molecular weight is 373 g/mol. The molecular formula is C28H23N. The Morgan fingerprint density at radius 2 is 1.14 bits per heavy atom. The minimum Gasteiger partial charge on any atom is -0.256 e. The highest BCUT2D eigenvalue weighted by Gasteiger charge is 2.17. The van der Waals surface area contributed by atoms with Gasteiger partial charge >= 0.3 is 0 Å². The molecule has 0 saturated heterocycles. The highest BCUT2D eigenvalue weighted by Crippen LogP contribution is 2.43. The Hall–Kier alpha value is -3.45. The lowest BCUT2D eigenvalue weighted by atomic mass is 9.86. The molecular weight excluding hydrogens is 350 g/mol. The molecule has 140 valence electrons. The lowest BCUT2D eigenvalue weighted by Gasteiger charge is -2.18. The van der Waals surface area contributed by atoms with Gasteiger partial charge in [-0.2, -0.15) is 0 Å². The average Bonchev–Trinajstić information content (AvgIpc) is 2.76. The molecule has 29 heavy (non-hydrogen) atoms. The van der Waals surface area contributed by atoms with Crippen LogP contribution in [0.15, 0.2) is 85.1 Å². The molecule has 0 bridgehead atoms. The lowest BCUT2D eigenvalue weighted by molar-refractivity contribution is 1.27. The first-order valence-corrected chi connectivity index (χ1v) is 10.1. The summed E-state index contributed by atoms with van der Waals surface area (Å²) in [5.74, 6) is 0. The van der Waals surface area contributed by atoms with E-state index < -0.39 is 0 Å². The molecule has 1 aromatic heterocycles. The summed E-state index contributed by atoms with van der Waals surface area (Å²) in [5.41, 5.74) is 10.0. The van der Waals surface area contributed by atoms with Gasteiger partial charge in [-0.25, -0.2) is 0 Å². The summed E-state index contributed by atoms with van der Waals surface area (Å²) >= 11 is 0. The van der Waals surface area contributed by atoms with Gasteiger partial charge in [0, 0.05) is 17.1 Å². The van der Waals surface area contributed by atoms with Gasteiger partial charge in [0.25, 0.3) is 0 Å². The molecule has 1 heterocycles. The first-order chi connectivity index (χ1) is 14.1. The van der Waals surface area contributed by atoms with Crippen LogP contribution in [0.4, 0.5) is 0 Å². The van der Waals surface area contributed by atoms with E-state index in [0.717, 1.165) is 5.52 Å². The molecule has 0 aliphatic heterocycles. The summed E-state index contributed by atoms with van der Waals surface area (Å²) in [6.45, 7) is 6.60. The molecule has 0 aliphatic rings. The molecule has 0 spiro atoms. The van der Waals surface area contributed by atoms with Crippen molar-refractivity contribution in [3.8, 4) is 22.3 Å². The van der Waals surface area contributed by atoms with Crippen molar-refractivity contribution < 1.29 is 0 Å². The van der Waals surface area contributed by atoms with Crippen molar-refractivity contribution in [1.29, 1.82) is 0 Å². The number of fused-ring (bicyclic) bond motifs is 2. The van der Waals surface area contributed by atoms with Crippen molar-refractivity contribution >= 4 is 21.7 Å². The zero-order valence-corrected chi connectivity index (χ0v) is 17.0. The molecule has 0 fully saturated rings. The van der Waals surface area contributed by atoms with E-state index in [2.05, 4.69) is 93.6 Å². The van der Waals surface area contributed by atoms with Crippen LogP contribution < -0.4 is 0 Å². The zero-order valence-electron chi connectivity index (χ0n) is 17.0. The van der Waals surface area contributed by atoms with Gasteiger partial charge in [-0.1, -0.05) is 72.8 Å². The molecule has 1 nitrogen and oxygen atoms in total. The van der Waals surface area contributed by atoms with Crippen molar-refractivity contribution in [2.45, 2.75) is 20.8 Å². The first-order valence-electron chi connectivity index (χ1n) is 10.1. The number of rotatable bonds is 2. The number of aromatic nitrogens is 1. The largest absolute Gasteiger partial charge is 0.256 e. The van der Waals surface area contributed by atoms with E-state index in [9.17, 15) is 0 Å². The summed E-state index contributed by atoms with van der Waals surface area (Å²) in [4.78, 5) is 4.86. The van der Waals surface area contributed by atoms with Crippen LogP contribution in [0.1, 0.15) is 16.7 Å². The number of benzene rings is 4. The third kappa shape index (κ3) is 2.82. The van der Waals surface area contributed by atoms with E-state index in [1.54, 1.807) is 0 Å². The van der Waals surface area contributed by atoms with Crippen LogP contribution in [-0.2, 0) is 0 Å². The molecule has 0 radical (unpaired) electrons. The molecule has 0 unspecified atom stereocenters.